The summed E-state index contributed by atoms with van der Waals surface area (Å²) in [6.45, 7) is 6.05. The predicted molar refractivity (Wildman–Crippen MR) is 151 cm³/mol. The number of anilines is 1. The number of rotatable bonds is 6. The van der Waals surface area contributed by atoms with Crippen LogP contribution in [0.3, 0.4) is 0 Å². The van der Waals surface area contributed by atoms with Gasteiger partial charge in [-0.25, -0.2) is 9.69 Å². The van der Waals surface area contributed by atoms with E-state index < -0.39 is 17.8 Å². The molecule has 1 saturated heterocycles. The summed E-state index contributed by atoms with van der Waals surface area (Å²) in [5.74, 6) is -0.706. The van der Waals surface area contributed by atoms with Crippen molar-refractivity contribution >= 4 is 41.2 Å². The Labute approximate surface area is 231 Å². The van der Waals surface area contributed by atoms with Crippen molar-refractivity contribution in [1.82, 2.24) is 9.88 Å². The van der Waals surface area contributed by atoms with Gasteiger partial charge in [-0.3, -0.25) is 14.9 Å². The molecule has 8 heteroatoms. The lowest BCUT2D eigenvalue weighted by atomic mass is 10.1. The minimum Gasteiger partial charge on any atom is -0.489 e. The van der Waals surface area contributed by atoms with Crippen molar-refractivity contribution in [3.63, 3.8) is 0 Å². The van der Waals surface area contributed by atoms with Crippen LogP contribution >= 0.6 is 11.6 Å². The number of amides is 4. The number of carbonyl (C=O) groups is 3. The van der Waals surface area contributed by atoms with Gasteiger partial charge in [-0.2, -0.15) is 0 Å². The number of hydrogen-bond acceptors (Lipinski definition) is 4. The molecule has 4 aromatic rings. The Morgan fingerprint density at radius 2 is 1.62 bits per heavy atom. The van der Waals surface area contributed by atoms with Gasteiger partial charge in [0.2, 0.25) is 0 Å². The first-order valence-electron chi connectivity index (χ1n) is 12.4. The molecule has 39 heavy (non-hydrogen) atoms. The molecule has 0 atom stereocenters. The van der Waals surface area contributed by atoms with Crippen LogP contribution in [-0.4, -0.2) is 22.4 Å². The average Bonchev–Trinajstić information content (AvgIpc) is 3.20. The summed E-state index contributed by atoms with van der Waals surface area (Å²) < 4.78 is 7.93. The van der Waals surface area contributed by atoms with E-state index in [0.717, 1.165) is 33.3 Å². The van der Waals surface area contributed by atoms with Gasteiger partial charge in [-0.15, -0.1) is 0 Å². The van der Waals surface area contributed by atoms with E-state index in [9.17, 15) is 14.4 Å². The Bertz CT molecular complexity index is 1620. The maximum atomic E-state index is 13.4. The van der Waals surface area contributed by atoms with Gasteiger partial charge >= 0.3 is 6.03 Å². The molecule has 0 radical (unpaired) electrons. The average molecular weight is 540 g/mol. The van der Waals surface area contributed by atoms with Gasteiger partial charge in [-0.05, 0) is 86.0 Å². The molecule has 7 nitrogen and oxygen atoms in total. The van der Waals surface area contributed by atoms with Gasteiger partial charge in [0, 0.05) is 22.1 Å². The quantitative estimate of drug-likeness (QED) is 0.230. The van der Waals surface area contributed by atoms with Crippen LogP contribution in [-0.2, 0) is 16.2 Å². The number of imide groups is 2. The number of hydrogen-bond donors (Lipinski definition) is 1. The molecule has 5 rings (SSSR count). The third-order valence-corrected chi connectivity index (χ3v) is 7.10. The van der Waals surface area contributed by atoms with Crippen molar-refractivity contribution < 1.29 is 19.1 Å². The zero-order valence-corrected chi connectivity index (χ0v) is 22.5. The minimum atomic E-state index is -0.812. The van der Waals surface area contributed by atoms with Crippen molar-refractivity contribution in [2.24, 2.45) is 0 Å². The molecule has 0 bridgehead atoms. The van der Waals surface area contributed by atoms with Crippen LogP contribution in [0.25, 0.3) is 11.8 Å². The third-order valence-electron chi connectivity index (χ3n) is 6.70. The monoisotopic (exact) mass is 539 g/mol. The molecule has 196 valence electrons. The first-order chi connectivity index (χ1) is 18.7. The van der Waals surface area contributed by atoms with Gasteiger partial charge in [0.05, 0.1) is 5.69 Å². The zero-order valence-electron chi connectivity index (χ0n) is 21.7. The fourth-order valence-electron chi connectivity index (χ4n) is 4.63. The molecule has 1 N–H and O–H groups in total. The van der Waals surface area contributed by atoms with Crippen LogP contribution in [0.4, 0.5) is 10.5 Å². The van der Waals surface area contributed by atoms with E-state index in [4.69, 9.17) is 16.3 Å². The summed E-state index contributed by atoms with van der Waals surface area (Å²) in [7, 11) is 0. The predicted octanol–water partition coefficient (Wildman–Crippen LogP) is 6.30. The number of carbonyl (C=O) groups excluding carboxylic acids is 3. The first-order valence-corrected chi connectivity index (χ1v) is 12.7. The molecular weight excluding hydrogens is 514 g/mol. The highest BCUT2D eigenvalue weighted by Gasteiger charge is 2.37. The number of nitrogens with zero attached hydrogens (tertiary/aromatic N) is 2. The largest absolute Gasteiger partial charge is 0.489 e. The van der Waals surface area contributed by atoms with Crippen LogP contribution in [0, 0.1) is 20.8 Å². The van der Waals surface area contributed by atoms with Crippen LogP contribution < -0.4 is 15.0 Å². The summed E-state index contributed by atoms with van der Waals surface area (Å²) >= 11 is 6.22. The van der Waals surface area contributed by atoms with E-state index in [0.29, 0.717) is 28.4 Å². The van der Waals surface area contributed by atoms with Gasteiger partial charge < -0.3 is 9.30 Å². The van der Waals surface area contributed by atoms with Crippen molar-refractivity contribution in [2.75, 3.05) is 4.90 Å². The Kier molecular flexibility index (Phi) is 7.09. The molecule has 0 spiro atoms. The molecular formula is C31H26ClN3O4. The highest BCUT2D eigenvalue weighted by molar-refractivity contribution is 6.40. The van der Waals surface area contributed by atoms with E-state index in [1.54, 1.807) is 25.1 Å². The van der Waals surface area contributed by atoms with Gasteiger partial charge in [0.25, 0.3) is 11.8 Å². The Balaban J connectivity index is 1.42. The normalized spacial score (nSPS) is 14.6. The second-order valence-corrected chi connectivity index (χ2v) is 9.68. The molecule has 0 unspecified atom stereocenters. The van der Waals surface area contributed by atoms with Gasteiger partial charge in [0.1, 0.15) is 17.9 Å². The van der Waals surface area contributed by atoms with Crippen LogP contribution in [0.15, 0.2) is 84.4 Å². The van der Waals surface area contributed by atoms with Crippen LogP contribution in [0.2, 0.25) is 5.02 Å². The highest BCUT2D eigenvalue weighted by atomic mass is 35.5. The second-order valence-electron chi connectivity index (χ2n) is 9.27. The standard InChI is InChI=1S/C31H26ClN3O4/c1-19-16-23(17-26-29(36)33-31(38)35(30(26)37)28-11-7-10-27(32)20(28)2)21(3)34(19)24-12-14-25(15-13-24)39-18-22-8-5-4-6-9-22/h4-17H,18H2,1-3H3,(H,33,36,38)/b26-17+. The van der Waals surface area contributed by atoms with E-state index in [2.05, 4.69) is 5.32 Å². The molecule has 2 heterocycles. The number of ether oxygens (including phenoxy) is 1. The number of urea groups is 1. The minimum absolute atomic E-state index is 0.140. The van der Waals surface area contributed by atoms with Crippen LogP contribution in [0.1, 0.15) is 28.1 Å². The Hall–Kier alpha value is -4.62. The summed E-state index contributed by atoms with van der Waals surface area (Å²) in [5, 5.41) is 2.69. The number of benzene rings is 3. The number of aromatic nitrogens is 1. The molecule has 0 saturated carbocycles. The van der Waals surface area contributed by atoms with Crippen molar-refractivity contribution in [3.8, 4) is 11.4 Å². The molecule has 1 aliphatic heterocycles. The molecule has 1 fully saturated rings. The third kappa shape index (κ3) is 5.09. The Morgan fingerprint density at radius 1 is 0.897 bits per heavy atom. The van der Waals surface area contributed by atoms with Gasteiger partial charge in [-0.1, -0.05) is 48.0 Å². The SMILES string of the molecule is Cc1c(Cl)cccc1N1C(=O)NC(=O)/C(=C\c2cc(C)n(-c3ccc(OCc4ccccc4)cc3)c2C)C1=O. The summed E-state index contributed by atoms with van der Waals surface area (Å²) in [4.78, 5) is 39.7. The van der Waals surface area contributed by atoms with Crippen molar-refractivity contribution in [1.29, 1.82) is 0 Å². The second kappa shape index (κ2) is 10.6. The number of halogens is 1. The molecule has 4 amide bonds. The molecule has 3 aromatic carbocycles. The summed E-state index contributed by atoms with van der Waals surface area (Å²) in [6, 6.07) is 23.7. The van der Waals surface area contributed by atoms with E-state index >= 15 is 0 Å². The number of aryl methyl sites for hydroxylation is 1. The lowest BCUT2D eigenvalue weighted by Crippen LogP contribution is -2.54. The summed E-state index contributed by atoms with van der Waals surface area (Å²) in [5.41, 5.74) is 5.18. The number of nitrogens with one attached hydrogen (secondary N) is 1. The van der Waals surface area contributed by atoms with Crippen molar-refractivity contribution in [3.05, 3.63) is 118 Å². The first kappa shape index (κ1) is 26.0. The fourth-order valence-corrected chi connectivity index (χ4v) is 4.80. The summed E-state index contributed by atoms with van der Waals surface area (Å²) in [6.07, 6.45) is 1.52. The molecule has 1 aromatic heterocycles. The number of barbiturate groups is 1. The smallest absolute Gasteiger partial charge is 0.335 e. The van der Waals surface area contributed by atoms with E-state index in [1.165, 1.54) is 6.08 Å². The topological polar surface area (TPSA) is 80.6 Å². The molecule has 0 aliphatic carbocycles. The van der Waals surface area contributed by atoms with E-state index in [1.807, 2.05) is 79.1 Å². The Morgan fingerprint density at radius 3 is 2.33 bits per heavy atom. The maximum Gasteiger partial charge on any atom is 0.335 e. The fraction of sp³-hybridized carbons (Fsp3) is 0.129. The highest BCUT2D eigenvalue weighted by Crippen LogP contribution is 2.30. The maximum absolute atomic E-state index is 13.4. The van der Waals surface area contributed by atoms with E-state index in [-0.39, 0.29) is 5.57 Å². The molecule has 1 aliphatic rings. The zero-order chi connectivity index (χ0) is 27.7. The van der Waals surface area contributed by atoms with Crippen LogP contribution in [0.5, 0.6) is 5.75 Å². The van der Waals surface area contributed by atoms with Crippen molar-refractivity contribution in [2.45, 2.75) is 27.4 Å². The van der Waals surface area contributed by atoms with Gasteiger partial charge in [0.15, 0.2) is 0 Å². The lowest BCUT2D eigenvalue weighted by Gasteiger charge is -2.27. The lowest BCUT2D eigenvalue weighted by molar-refractivity contribution is -0.122.